The third-order valence-electron chi connectivity index (χ3n) is 3.25. The third-order valence-corrected chi connectivity index (χ3v) is 3.25. The van der Waals surface area contributed by atoms with Crippen LogP contribution in [0.5, 0.6) is 0 Å². The molecule has 1 saturated heterocycles. The smallest absolute Gasteiger partial charge is 0.244 e. The Hall–Kier alpha value is -1.79. The summed E-state index contributed by atoms with van der Waals surface area (Å²) < 4.78 is 5.34. The van der Waals surface area contributed by atoms with Crippen LogP contribution in [0.1, 0.15) is 18.4 Å². The van der Waals surface area contributed by atoms with E-state index >= 15 is 0 Å². The Morgan fingerprint density at radius 2 is 2.17 bits per heavy atom. The molecule has 1 aliphatic heterocycles. The number of hydrogen-bond acceptors (Lipinski definition) is 6. The summed E-state index contributed by atoms with van der Waals surface area (Å²) in [6.07, 6.45) is 4.28. The van der Waals surface area contributed by atoms with Crippen LogP contribution in [0, 0.1) is 0 Å². The molecule has 0 spiro atoms. The summed E-state index contributed by atoms with van der Waals surface area (Å²) in [7, 11) is 2.02. The lowest BCUT2D eigenvalue weighted by atomic mass is 10.2. The maximum Gasteiger partial charge on any atom is 0.244 e. The highest BCUT2D eigenvalue weighted by atomic mass is 16.5. The first-order valence-electron chi connectivity index (χ1n) is 5.94. The maximum atomic E-state index is 5.93. The number of rotatable bonds is 2. The van der Waals surface area contributed by atoms with E-state index in [0.717, 1.165) is 18.5 Å². The Balaban J connectivity index is 1.86. The zero-order valence-corrected chi connectivity index (χ0v) is 10.2. The molecule has 0 amide bonds. The molecule has 0 radical (unpaired) electrons. The average molecular weight is 245 g/mol. The van der Waals surface area contributed by atoms with Gasteiger partial charge in [0.05, 0.1) is 6.04 Å². The van der Waals surface area contributed by atoms with Crippen molar-refractivity contribution < 1.29 is 4.52 Å². The fraction of sp³-hybridized carbons (Fsp3) is 0.417. The van der Waals surface area contributed by atoms with E-state index in [1.54, 1.807) is 12.4 Å². The van der Waals surface area contributed by atoms with Crippen molar-refractivity contribution in [3.63, 3.8) is 0 Å². The van der Waals surface area contributed by atoms with Crippen LogP contribution >= 0.6 is 0 Å². The lowest BCUT2D eigenvalue weighted by Crippen LogP contribution is -2.24. The van der Waals surface area contributed by atoms with Crippen LogP contribution < -0.4 is 5.73 Å². The normalized spacial score (nSPS) is 24.6. The van der Waals surface area contributed by atoms with Gasteiger partial charge in [-0.2, -0.15) is 4.98 Å². The maximum absolute atomic E-state index is 5.93. The molecule has 2 aromatic heterocycles. The van der Waals surface area contributed by atoms with Crippen molar-refractivity contribution in [2.24, 2.45) is 5.73 Å². The van der Waals surface area contributed by atoms with Crippen molar-refractivity contribution in [3.05, 3.63) is 30.4 Å². The van der Waals surface area contributed by atoms with Gasteiger partial charge in [-0.3, -0.25) is 9.88 Å². The summed E-state index contributed by atoms with van der Waals surface area (Å²) in [5.74, 6) is 1.23. The van der Waals surface area contributed by atoms with Gasteiger partial charge >= 0.3 is 0 Å². The van der Waals surface area contributed by atoms with Crippen molar-refractivity contribution in [3.8, 4) is 11.4 Å². The fourth-order valence-corrected chi connectivity index (χ4v) is 2.32. The van der Waals surface area contributed by atoms with Crippen molar-refractivity contribution in [2.75, 3.05) is 13.6 Å². The number of pyridine rings is 1. The second-order valence-corrected chi connectivity index (χ2v) is 4.64. The first-order chi connectivity index (χ1) is 8.74. The van der Waals surface area contributed by atoms with Crippen LogP contribution in [-0.2, 0) is 0 Å². The van der Waals surface area contributed by atoms with Gasteiger partial charge in [-0.15, -0.1) is 0 Å². The van der Waals surface area contributed by atoms with Crippen molar-refractivity contribution in [1.82, 2.24) is 20.0 Å². The number of likely N-dealkylation sites (N-methyl/N-ethyl adjacent to an activating group) is 1. The Bertz CT molecular complexity index is 526. The molecular formula is C12H15N5O. The van der Waals surface area contributed by atoms with Gasteiger partial charge in [0.1, 0.15) is 0 Å². The summed E-state index contributed by atoms with van der Waals surface area (Å²) >= 11 is 0. The van der Waals surface area contributed by atoms with Crippen molar-refractivity contribution in [1.29, 1.82) is 0 Å². The molecule has 2 N–H and O–H groups in total. The monoisotopic (exact) mass is 245 g/mol. The van der Waals surface area contributed by atoms with Gasteiger partial charge < -0.3 is 10.3 Å². The fourth-order valence-electron chi connectivity index (χ4n) is 2.32. The van der Waals surface area contributed by atoms with Gasteiger partial charge in [0.15, 0.2) is 0 Å². The second-order valence-electron chi connectivity index (χ2n) is 4.64. The molecule has 2 aromatic rings. The van der Waals surface area contributed by atoms with Crippen molar-refractivity contribution in [2.45, 2.75) is 18.5 Å². The molecule has 6 heteroatoms. The number of nitrogens with zero attached hydrogens (tertiary/aromatic N) is 4. The Morgan fingerprint density at radius 1 is 1.39 bits per heavy atom. The number of nitrogens with two attached hydrogens (primary N) is 1. The van der Waals surface area contributed by atoms with E-state index in [0.29, 0.717) is 11.7 Å². The van der Waals surface area contributed by atoms with Crippen LogP contribution in [0.2, 0.25) is 0 Å². The molecule has 1 fully saturated rings. The molecule has 0 aromatic carbocycles. The number of aromatic nitrogens is 3. The molecule has 0 bridgehead atoms. The van der Waals surface area contributed by atoms with E-state index < -0.39 is 0 Å². The van der Waals surface area contributed by atoms with Crippen LogP contribution in [0.25, 0.3) is 11.4 Å². The Morgan fingerprint density at radius 3 is 2.83 bits per heavy atom. The van der Waals surface area contributed by atoms with Gasteiger partial charge in [0.25, 0.3) is 0 Å². The number of likely N-dealkylation sites (tertiary alicyclic amines) is 1. The quantitative estimate of drug-likeness (QED) is 0.844. The van der Waals surface area contributed by atoms with Gasteiger partial charge in [-0.1, -0.05) is 5.16 Å². The van der Waals surface area contributed by atoms with Crippen LogP contribution in [0.4, 0.5) is 0 Å². The minimum Gasteiger partial charge on any atom is -0.337 e. The summed E-state index contributed by atoms with van der Waals surface area (Å²) in [4.78, 5) is 10.6. The molecule has 18 heavy (non-hydrogen) atoms. The molecule has 0 saturated carbocycles. The zero-order valence-electron chi connectivity index (χ0n) is 10.2. The number of hydrogen-bond donors (Lipinski definition) is 1. The van der Waals surface area contributed by atoms with Crippen molar-refractivity contribution >= 4 is 0 Å². The van der Waals surface area contributed by atoms with E-state index in [2.05, 4.69) is 20.0 Å². The highest BCUT2D eigenvalue weighted by molar-refractivity contribution is 5.52. The lowest BCUT2D eigenvalue weighted by Gasteiger charge is -2.13. The van der Waals surface area contributed by atoms with Crippen LogP contribution in [-0.4, -0.2) is 39.7 Å². The molecule has 3 rings (SSSR count). The van der Waals surface area contributed by atoms with Gasteiger partial charge in [0, 0.05) is 30.5 Å². The lowest BCUT2D eigenvalue weighted by molar-refractivity contribution is 0.244. The summed E-state index contributed by atoms with van der Waals surface area (Å²) in [5, 5.41) is 4.01. The third kappa shape index (κ3) is 2.00. The molecule has 6 nitrogen and oxygen atoms in total. The first kappa shape index (κ1) is 11.3. The van der Waals surface area contributed by atoms with E-state index in [1.807, 2.05) is 19.2 Å². The second kappa shape index (κ2) is 4.47. The van der Waals surface area contributed by atoms with E-state index in [9.17, 15) is 0 Å². The summed E-state index contributed by atoms with van der Waals surface area (Å²) in [6, 6.07) is 4.02. The minimum absolute atomic E-state index is 0.128. The summed E-state index contributed by atoms with van der Waals surface area (Å²) in [6.45, 7) is 0.859. The van der Waals surface area contributed by atoms with Gasteiger partial charge in [-0.25, -0.2) is 0 Å². The Kier molecular flexibility index (Phi) is 2.81. The standard InChI is InChI=1S/C12H15N5O/c1-17-7-9(13)6-10(17)12-15-11(16-18-12)8-2-4-14-5-3-8/h2-5,9-10H,6-7,13H2,1H3/t9-,10-/m0/s1. The van der Waals surface area contributed by atoms with Crippen LogP contribution in [0.15, 0.2) is 29.0 Å². The molecule has 94 valence electrons. The molecular weight excluding hydrogens is 230 g/mol. The molecule has 0 aliphatic carbocycles. The SMILES string of the molecule is CN1C[C@@H](N)C[C@H]1c1nc(-c2ccncc2)no1. The highest BCUT2D eigenvalue weighted by Gasteiger charge is 2.32. The molecule has 2 atom stereocenters. The Labute approximate surface area is 105 Å². The van der Waals surface area contributed by atoms with E-state index in [-0.39, 0.29) is 12.1 Å². The van der Waals surface area contributed by atoms with Gasteiger partial charge in [-0.05, 0) is 25.6 Å². The molecule has 1 aliphatic rings. The molecule has 0 unspecified atom stereocenters. The topological polar surface area (TPSA) is 81.1 Å². The van der Waals surface area contributed by atoms with Gasteiger partial charge in [0.2, 0.25) is 11.7 Å². The zero-order chi connectivity index (χ0) is 12.5. The highest BCUT2D eigenvalue weighted by Crippen LogP contribution is 2.29. The first-order valence-corrected chi connectivity index (χ1v) is 5.94. The minimum atomic E-state index is 0.128. The largest absolute Gasteiger partial charge is 0.337 e. The summed E-state index contributed by atoms with van der Waals surface area (Å²) in [5.41, 5.74) is 6.84. The predicted molar refractivity (Wildman–Crippen MR) is 65.5 cm³/mol. The van der Waals surface area contributed by atoms with E-state index in [4.69, 9.17) is 10.3 Å². The predicted octanol–water partition coefficient (Wildman–Crippen LogP) is 0.835. The van der Waals surface area contributed by atoms with Crippen LogP contribution in [0.3, 0.4) is 0 Å². The molecule has 3 heterocycles. The average Bonchev–Trinajstić information content (AvgIpc) is 2.97. The van der Waals surface area contributed by atoms with E-state index in [1.165, 1.54) is 0 Å².